The van der Waals surface area contributed by atoms with Crippen molar-refractivity contribution in [1.82, 2.24) is 0 Å². The number of rotatable bonds is 8. The van der Waals surface area contributed by atoms with Crippen molar-refractivity contribution in [2.45, 2.75) is 66.3 Å². The lowest BCUT2D eigenvalue weighted by Crippen LogP contribution is -3.00. The Morgan fingerprint density at radius 3 is 1.33 bits per heavy atom. The van der Waals surface area contributed by atoms with E-state index in [2.05, 4.69) is 34.6 Å². The topological polar surface area (TPSA) is 0 Å². The molecule has 0 fully saturated rings. The van der Waals surface area contributed by atoms with Crippen molar-refractivity contribution in [1.29, 1.82) is 0 Å². The zero-order valence-corrected chi connectivity index (χ0v) is 12.9. The van der Waals surface area contributed by atoms with Crippen LogP contribution in [0.25, 0.3) is 0 Å². The molecule has 0 aliphatic heterocycles. The molecule has 0 aliphatic carbocycles. The van der Waals surface area contributed by atoms with Gasteiger partial charge in [-0.1, -0.05) is 27.7 Å². The number of halogens is 1. The van der Waals surface area contributed by atoms with E-state index < -0.39 is 0 Å². The fourth-order valence-electron chi connectivity index (χ4n) is 2.72. The Bertz CT molecular complexity index is 119. The number of quaternary nitrogens is 1. The first kappa shape index (κ1) is 17.8. The van der Waals surface area contributed by atoms with Gasteiger partial charge in [0.2, 0.25) is 0 Å². The summed E-state index contributed by atoms with van der Waals surface area (Å²) in [6, 6.07) is 0.842. The van der Waals surface area contributed by atoms with Gasteiger partial charge >= 0.3 is 0 Å². The van der Waals surface area contributed by atoms with E-state index in [1.54, 1.807) is 0 Å². The van der Waals surface area contributed by atoms with Crippen LogP contribution in [0.4, 0.5) is 0 Å². The van der Waals surface area contributed by atoms with Gasteiger partial charge in [0.05, 0.1) is 25.7 Å². The molecule has 0 saturated heterocycles. The van der Waals surface area contributed by atoms with Gasteiger partial charge in [-0.15, -0.1) is 0 Å². The van der Waals surface area contributed by atoms with Crippen LogP contribution in [0.15, 0.2) is 0 Å². The first-order valence-corrected chi connectivity index (χ1v) is 6.52. The lowest BCUT2D eigenvalue weighted by atomic mass is 10.1. The molecule has 0 aromatic heterocycles. The summed E-state index contributed by atoms with van der Waals surface area (Å²) in [7, 11) is 0. The van der Waals surface area contributed by atoms with Crippen molar-refractivity contribution in [3.63, 3.8) is 0 Å². The Hall–Kier alpha value is 0.440. The first-order valence-electron chi connectivity index (χ1n) is 6.52. The van der Waals surface area contributed by atoms with E-state index in [0.717, 1.165) is 6.04 Å². The molecule has 2 heteroatoms. The SMILES string of the molecule is CCC[N+](CCC)(CCC)C(C)CC.[Br-]. The molecule has 0 heterocycles. The van der Waals surface area contributed by atoms with Gasteiger partial charge < -0.3 is 21.5 Å². The summed E-state index contributed by atoms with van der Waals surface area (Å²) >= 11 is 0. The van der Waals surface area contributed by atoms with Crippen molar-refractivity contribution in [3.8, 4) is 0 Å². The minimum atomic E-state index is 0. The average Bonchev–Trinajstić information content (AvgIpc) is 2.17. The fraction of sp³-hybridized carbons (Fsp3) is 1.00. The second kappa shape index (κ2) is 9.65. The maximum absolute atomic E-state index is 2.43. The number of nitrogens with zero attached hydrogens (tertiary/aromatic N) is 1. The summed E-state index contributed by atoms with van der Waals surface area (Å²) in [5.74, 6) is 0. The highest BCUT2D eigenvalue weighted by Crippen LogP contribution is 2.19. The predicted octanol–water partition coefficient (Wildman–Crippen LogP) is 0.836. The highest BCUT2D eigenvalue weighted by Gasteiger charge is 2.29. The van der Waals surface area contributed by atoms with Gasteiger partial charge in [0.25, 0.3) is 0 Å². The molecule has 1 atom stereocenters. The standard InChI is InChI=1S/C13H30N.BrH/c1-6-10-14(11-7-2,12-8-3)13(5)9-4;/h13H,6-12H2,1-5H3;1H/q+1;/p-1. The van der Waals surface area contributed by atoms with E-state index in [-0.39, 0.29) is 17.0 Å². The zero-order valence-electron chi connectivity index (χ0n) is 11.4. The van der Waals surface area contributed by atoms with Gasteiger partial charge in [0.15, 0.2) is 0 Å². The van der Waals surface area contributed by atoms with E-state index in [1.807, 2.05) is 0 Å². The highest BCUT2D eigenvalue weighted by molar-refractivity contribution is 4.53. The normalized spacial score (nSPS) is 13.4. The van der Waals surface area contributed by atoms with Gasteiger partial charge in [-0.2, -0.15) is 0 Å². The molecule has 0 aromatic carbocycles. The van der Waals surface area contributed by atoms with Crippen LogP contribution < -0.4 is 17.0 Å². The monoisotopic (exact) mass is 279 g/mol. The summed E-state index contributed by atoms with van der Waals surface area (Å²) in [5.41, 5.74) is 0. The molecule has 0 aliphatic rings. The van der Waals surface area contributed by atoms with Gasteiger partial charge in [-0.05, 0) is 32.6 Å². The predicted molar refractivity (Wildman–Crippen MR) is 65.5 cm³/mol. The van der Waals surface area contributed by atoms with Crippen LogP contribution in [-0.4, -0.2) is 30.2 Å². The molecule has 0 aromatic rings. The molecular weight excluding hydrogens is 250 g/mol. The van der Waals surface area contributed by atoms with E-state index in [9.17, 15) is 0 Å². The number of hydrogen-bond donors (Lipinski definition) is 0. The largest absolute Gasteiger partial charge is 1.00 e. The summed E-state index contributed by atoms with van der Waals surface area (Å²) in [6.07, 6.45) is 5.29. The third-order valence-corrected chi connectivity index (χ3v) is 3.53. The summed E-state index contributed by atoms with van der Waals surface area (Å²) in [5, 5.41) is 0. The van der Waals surface area contributed by atoms with Crippen LogP contribution in [-0.2, 0) is 0 Å². The van der Waals surface area contributed by atoms with Gasteiger partial charge in [0, 0.05) is 0 Å². The van der Waals surface area contributed by atoms with E-state index in [0.29, 0.717) is 0 Å². The molecule has 0 N–H and O–H groups in total. The Morgan fingerprint density at radius 1 is 0.800 bits per heavy atom. The maximum atomic E-state index is 2.43. The molecule has 0 bridgehead atoms. The van der Waals surface area contributed by atoms with Crippen LogP contribution >= 0.6 is 0 Å². The van der Waals surface area contributed by atoms with E-state index >= 15 is 0 Å². The van der Waals surface area contributed by atoms with Crippen molar-refractivity contribution in [2.24, 2.45) is 0 Å². The summed E-state index contributed by atoms with van der Waals surface area (Å²) < 4.78 is 1.36. The minimum Gasteiger partial charge on any atom is -1.00 e. The quantitative estimate of drug-likeness (QED) is 0.578. The molecule has 0 radical (unpaired) electrons. The van der Waals surface area contributed by atoms with Crippen molar-refractivity contribution < 1.29 is 21.5 Å². The lowest BCUT2D eigenvalue weighted by molar-refractivity contribution is -0.949. The van der Waals surface area contributed by atoms with Crippen LogP contribution in [0, 0.1) is 0 Å². The maximum Gasteiger partial charge on any atom is 0.0859 e. The van der Waals surface area contributed by atoms with Crippen molar-refractivity contribution >= 4 is 0 Å². The molecular formula is C13H30BrN. The average molecular weight is 280 g/mol. The Labute approximate surface area is 108 Å². The molecule has 1 unspecified atom stereocenters. The van der Waals surface area contributed by atoms with E-state index in [4.69, 9.17) is 0 Å². The zero-order chi connectivity index (χ0) is 11.0. The van der Waals surface area contributed by atoms with Crippen LogP contribution in [0.1, 0.15) is 60.3 Å². The first-order chi connectivity index (χ1) is 6.66. The highest BCUT2D eigenvalue weighted by atomic mass is 79.9. The second-order valence-electron chi connectivity index (χ2n) is 4.65. The molecule has 0 spiro atoms. The third-order valence-electron chi connectivity index (χ3n) is 3.53. The Kier molecular flexibility index (Phi) is 11.5. The molecule has 0 rings (SSSR count). The van der Waals surface area contributed by atoms with Crippen LogP contribution in [0.2, 0.25) is 0 Å². The molecule has 1 nitrogen and oxygen atoms in total. The second-order valence-corrected chi connectivity index (χ2v) is 4.65. The minimum absolute atomic E-state index is 0. The smallest absolute Gasteiger partial charge is 0.0859 e. The summed E-state index contributed by atoms with van der Waals surface area (Å²) in [6.45, 7) is 15.8. The van der Waals surface area contributed by atoms with Crippen molar-refractivity contribution in [3.05, 3.63) is 0 Å². The summed E-state index contributed by atoms with van der Waals surface area (Å²) in [4.78, 5) is 0. The molecule has 94 valence electrons. The van der Waals surface area contributed by atoms with Crippen LogP contribution in [0.3, 0.4) is 0 Å². The van der Waals surface area contributed by atoms with Gasteiger partial charge in [0.1, 0.15) is 0 Å². The Balaban J connectivity index is 0. The van der Waals surface area contributed by atoms with Gasteiger partial charge in [-0.25, -0.2) is 0 Å². The van der Waals surface area contributed by atoms with Crippen LogP contribution in [0.5, 0.6) is 0 Å². The third kappa shape index (κ3) is 5.35. The molecule has 0 saturated carbocycles. The fourth-order valence-corrected chi connectivity index (χ4v) is 2.72. The molecule has 15 heavy (non-hydrogen) atoms. The van der Waals surface area contributed by atoms with Crippen molar-refractivity contribution in [2.75, 3.05) is 19.6 Å². The molecule has 0 amide bonds. The van der Waals surface area contributed by atoms with E-state index in [1.165, 1.54) is 49.8 Å². The number of hydrogen-bond acceptors (Lipinski definition) is 0. The van der Waals surface area contributed by atoms with Gasteiger partial charge in [-0.3, -0.25) is 0 Å². The Morgan fingerprint density at radius 2 is 1.13 bits per heavy atom. The lowest BCUT2D eigenvalue weighted by Gasteiger charge is -2.43.